The molecule has 0 saturated heterocycles. The van der Waals surface area contributed by atoms with Crippen LogP contribution in [0.5, 0.6) is 0 Å². The minimum absolute atomic E-state index is 0.924. The molecule has 0 radical (unpaired) electrons. The standard InChI is InChI=1S/C14H21N/c1-5-8-12-11(4)15-14(10-7-3)13(12)9-6-2/h6-7,15H,2-3,5,8-10H2,1,4H3. The van der Waals surface area contributed by atoms with Crippen LogP contribution in [-0.4, -0.2) is 4.98 Å². The number of aromatic amines is 1. The van der Waals surface area contributed by atoms with Crippen molar-refractivity contribution in [1.29, 1.82) is 0 Å². The number of aromatic nitrogens is 1. The van der Waals surface area contributed by atoms with Gasteiger partial charge in [0.1, 0.15) is 0 Å². The van der Waals surface area contributed by atoms with E-state index in [-0.39, 0.29) is 0 Å². The topological polar surface area (TPSA) is 15.8 Å². The average Bonchev–Trinajstić information content (AvgIpc) is 2.48. The number of nitrogens with one attached hydrogen (secondary N) is 1. The Morgan fingerprint density at radius 3 is 2.33 bits per heavy atom. The molecule has 0 unspecified atom stereocenters. The molecule has 0 saturated carbocycles. The van der Waals surface area contributed by atoms with Crippen molar-refractivity contribution in [2.24, 2.45) is 0 Å². The zero-order valence-electron chi connectivity index (χ0n) is 9.90. The Labute approximate surface area is 92.9 Å². The van der Waals surface area contributed by atoms with Gasteiger partial charge in [-0.25, -0.2) is 0 Å². The summed E-state index contributed by atoms with van der Waals surface area (Å²) in [6, 6.07) is 0. The van der Waals surface area contributed by atoms with E-state index in [0.717, 1.165) is 19.3 Å². The minimum atomic E-state index is 0.924. The van der Waals surface area contributed by atoms with E-state index in [1.165, 1.54) is 28.9 Å². The van der Waals surface area contributed by atoms with Crippen molar-refractivity contribution in [1.82, 2.24) is 4.98 Å². The predicted molar refractivity (Wildman–Crippen MR) is 67.3 cm³/mol. The fourth-order valence-electron chi connectivity index (χ4n) is 2.08. The normalized spacial score (nSPS) is 10.3. The molecule has 1 heterocycles. The minimum Gasteiger partial charge on any atom is -0.362 e. The van der Waals surface area contributed by atoms with Crippen LogP contribution < -0.4 is 0 Å². The summed E-state index contributed by atoms with van der Waals surface area (Å²) in [4.78, 5) is 3.46. The first-order valence-electron chi connectivity index (χ1n) is 5.65. The molecule has 15 heavy (non-hydrogen) atoms. The van der Waals surface area contributed by atoms with E-state index in [1.807, 2.05) is 12.2 Å². The largest absolute Gasteiger partial charge is 0.362 e. The van der Waals surface area contributed by atoms with Crippen LogP contribution in [0.4, 0.5) is 0 Å². The zero-order chi connectivity index (χ0) is 11.3. The van der Waals surface area contributed by atoms with E-state index in [0.29, 0.717) is 0 Å². The highest BCUT2D eigenvalue weighted by Gasteiger charge is 2.11. The van der Waals surface area contributed by atoms with E-state index < -0.39 is 0 Å². The third-order valence-corrected chi connectivity index (χ3v) is 2.72. The Hall–Kier alpha value is -1.24. The lowest BCUT2D eigenvalue weighted by atomic mass is 10.0. The third-order valence-electron chi connectivity index (χ3n) is 2.72. The molecule has 0 aromatic carbocycles. The third kappa shape index (κ3) is 2.62. The molecule has 0 aliphatic carbocycles. The summed E-state index contributed by atoms with van der Waals surface area (Å²) < 4.78 is 0. The quantitative estimate of drug-likeness (QED) is 0.678. The molecule has 1 aromatic rings. The molecule has 82 valence electrons. The second-order valence-electron chi connectivity index (χ2n) is 3.92. The number of aryl methyl sites for hydroxylation is 1. The van der Waals surface area contributed by atoms with Gasteiger partial charge in [0.25, 0.3) is 0 Å². The Kier molecular flexibility index (Phi) is 4.41. The molecule has 0 aliphatic rings. The molecule has 0 bridgehead atoms. The van der Waals surface area contributed by atoms with Crippen LogP contribution >= 0.6 is 0 Å². The predicted octanol–water partition coefficient (Wildman–Crippen LogP) is 3.73. The summed E-state index contributed by atoms with van der Waals surface area (Å²) in [5, 5.41) is 0. The van der Waals surface area contributed by atoms with Crippen molar-refractivity contribution in [2.45, 2.75) is 39.5 Å². The highest BCUT2D eigenvalue weighted by Crippen LogP contribution is 2.22. The second-order valence-corrected chi connectivity index (χ2v) is 3.92. The van der Waals surface area contributed by atoms with E-state index in [1.54, 1.807) is 0 Å². The van der Waals surface area contributed by atoms with Gasteiger partial charge in [-0.3, -0.25) is 0 Å². The lowest BCUT2D eigenvalue weighted by Crippen LogP contribution is -1.93. The lowest BCUT2D eigenvalue weighted by Gasteiger charge is -2.03. The average molecular weight is 203 g/mol. The number of hydrogen-bond donors (Lipinski definition) is 1. The Morgan fingerprint density at radius 2 is 1.80 bits per heavy atom. The van der Waals surface area contributed by atoms with Gasteiger partial charge in [0.15, 0.2) is 0 Å². The highest BCUT2D eigenvalue weighted by molar-refractivity contribution is 5.39. The van der Waals surface area contributed by atoms with Gasteiger partial charge in [0, 0.05) is 17.8 Å². The molecule has 1 aromatic heterocycles. The van der Waals surface area contributed by atoms with E-state index in [2.05, 4.69) is 32.0 Å². The monoisotopic (exact) mass is 203 g/mol. The number of H-pyrrole nitrogens is 1. The Bertz CT molecular complexity index is 344. The molecule has 1 rings (SSSR count). The van der Waals surface area contributed by atoms with Crippen LogP contribution in [0.2, 0.25) is 0 Å². The van der Waals surface area contributed by atoms with Crippen LogP contribution in [0.25, 0.3) is 0 Å². The molecule has 1 N–H and O–H groups in total. The molecule has 0 spiro atoms. The molecular weight excluding hydrogens is 182 g/mol. The van der Waals surface area contributed by atoms with Gasteiger partial charge in [-0.15, -0.1) is 13.2 Å². The van der Waals surface area contributed by atoms with E-state index in [4.69, 9.17) is 0 Å². The summed E-state index contributed by atoms with van der Waals surface area (Å²) in [6.07, 6.45) is 8.16. The van der Waals surface area contributed by atoms with Crippen LogP contribution in [0.3, 0.4) is 0 Å². The highest BCUT2D eigenvalue weighted by atomic mass is 14.7. The van der Waals surface area contributed by atoms with Crippen molar-refractivity contribution in [3.05, 3.63) is 47.8 Å². The maximum Gasteiger partial charge on any atom is 0.0225 e. The summed E-state index contributed by atoms with van der Waals surface area (Å²) in [5.74, 6) is 0. The molecule has 0 aliphatic heterocycles. The number of rotatable bonds is 6. The van der Waals surface area contributed by atoms with Crippen molar-refractivity contribution in [3.63, 3.8) is 0 Å². The zero-order valence-corrected chi connectivity index (χ0v) is 9.90. The van der Waals surface area contributed by atoms with Gasteiger partial charge in [0.05, 0.1) is 0 Å². The summed E-state index contributed by atoms with van der Waals surface area (Å²) >= 11 is 0. The van der Waals surface area contributed by atoms with Crippen LogP contribution in [0.15, 0.2) is 25.3 Å². The molecule has 1 heteroatoms. The van der Waals surface area contributed by atoms with Crippen LogP contribution in [0, 0.1) is 6.92 Å². The van der Waals surface area contributed by atoms with Gasteiger partial charge in [0.2, 0.25) is 0 Å². The molecule has 0 fully saturated rings. The van der Waals surface area contributed by atoms with Gasteiger partial charge < -0.3 is 4.98 Å². The van der Waals surface area contributed by atoms with Crippen molar-refractivity contribution < 1.29 is 0 Å². The second kappa shape index (κ2) is 5.59. The van der Waals surface area contributed by atoms with E-state index in [9.17, 15) is 0 Å². The number of allylic oxidation sites excluding steroid dienone is 2. The summed E-state index contributed by atoms with van der Waals surface area (Å²) in [6.45, 7) is 12.0. The van der Waals surface area contributed by atoms with Crippen molar-refractivity contribution >= 4 is 0 Å². The van der Waals surface area contributed by atoms with Crippen molar-refractivity contribution in [2.75, 3.05) is 0 Å². The summed E-state index contributed by atoms with van der Waals surface area (Å²) in [5.41, 5.74) is 5.54. The van der Waals surface area contributed by atoms with Gasteiger partial charge in [-0.2, -0.15) is 0 Å². The van der Waals surface area contributed by atoms with Gasteiger partial charge in [-0.1, -0.05) is 25.5 Å². The van der Waals surface area contributed by atoms with Crippen LogP contribution in [-0.2, 0) is 19.3 Å². The number of hydrogen-bond acceptors (Lipinski definition) is 0. The fourth-order valence-corrected chi connectivity index (χ4v) is 2.08. The first-order valence-corrected chi connectivity index (χ1v) is 5.65. The maximum atomic E-state index is 3.83. The SMILES string of the molecule is C=CCc1[nH]c(C)c(CCC)c1CC=C. The Balaban J connectivity index is 3.10. The first-order chi connectivity index (χ1) is 7.24. The van der Waals surface area contributed by atoms with Gasteiger partial charge >= 0.3 is 0 Å². The molecular formula is C14H21N. The molecule has 1 nitrogen and oxygen atoms in total. The van der Waals surface area contributed by atoms with Gasteiger partial charge in [-0.05, 0) is 30.9 Å². The Morgan fingerprint density at radius 1 is 1.13 bits per heavy atom. The fraction of sp³-hybridized carbons (Fsp3) is 0.429. The maximum absolute atomic E-state index is 3.83. The molecule has 0 amide bonds. The summed E-state index contributed by atoms with van der Waals surface area (Å²) in [7, 11) is 0. The first kappa shape index (κ1) is 11.8. The van der Waals surface area contributed by atoms with Crippen LogP contribution in [0.1, 0.15) is 35.9 Å². The molecule has 0 atom stereocenters. The van der Waals surface area contributed by atoms with Crippen molar-refractivity contribution in [3.8, 4) is 0 Å². The lowest BCUT2D eigenvalue weighted by molar-refractivity contribution is 0.900. The van der Waals surface area contributed by atoms with E-state index >= 15 is 0 Å². The smallest absolute Gasteiger partial charge is 0.0225 e.